The zero-order chi connectivity index (χ0) is 17.3. The van der Waals surface area contributed by atoms with Gasteiger partial charge in [0.2, 0.25) is 5.91 Å². The maximum Gasteiger partial charge on any atom is 0.227 e. The van der Waals surface area contributed by atoms with Crippen molar-refractivity contribution < 1.29 is 9.90 Å². The molecule has 0 fully saturated rings. The molecule has 5 nitrogen and oxygen atoms in total. The Kier molecular flexibility index (Phi) is 4.11. The van der Waals surface area contributed by atoms with Crippen molar-refractivity contribution in [3.05, 3.63) is 59.9 Å². The molecular weight excluding hydrogens is 302 g/mol. The highest BCUT2D eigenvalue weighted by Gasteiger charge is 2.26. The maximum atomic E-state index is 12.3. The predicted molar refractivity (Wildman–Crippen MR) is 94.7 cm³/mol. The zero-order valence-electron chi connectivity index (χ0n) is 14.1. The third-order valence-electron chi connectivity index (χ3n) is 4.29. The lowest BCUT2D eigenvalue weighted by atomic mass is 9.92. The van der Waals surface area contributed by atoms with E-state index in [0.29, 0.717) is 5.69 Å². The zero-order valence-corrected chi connectivity index (χ0v) is 14.1. The van der Waals surface area contributed by atoms with E-state index in [0.717, 1.165) is 22.4 Å². The lowest BCUT2D eigenvalue weighted by Gasteiger charge is -2.23. The molecule has 1 atom stereocenters. The summed E-state index contributed by atoms with van der Waals surface area (Å²) in [6.45, 7) is 3.59. The van der Waals surface area contributed by atoms with E-state index in [1.54, 1.807) is 6.92 Å². The van der Waals surface area contributed by atoms with Crippen molar-refractivity contribution in [2.45, 2.75) is 25.9 Å². The second-order valence-corrected chi connectivity index (χ2v) is 6.29. The molecule has 0 saturated heterocycles. The van der Waals surface area contributed by atoms with E-state index in [1.165, 1.54) is 0 Å². The molecule has 2 aromatic carbocycles. The topological polar surface area (TPSA) is 67.2 Å². The number of nitrogens with zero attached hydrogens (tertiary/aromatic N) is 2. The van der Waals surface area contributed by atoms with Crippen LogP contribution in [0.4, 0.5) is 5.69 Å². The Bertz CT molecular complexity index is 882. The molecule has 2 N–H and O–H groups in total. The second kappa shape index (κ2) is 6.09. The first-order valence-electron chi connectivity index (χ1n) is 7.88. The van der Waals surface area contributed by atoms with Crippen LogP contribution in [-0.2, 0) is 17.4 Å². The Labute approximate surface area is 141 Å². The fraction of sp³-hybridized carbons (Fsp3) is 0.263. The van der Waals surface area contributed by atoms with Gasteiger partial charge in [0.05, 0.1) is 23.1 Å². The number of fused-ring (bicyclic) bond motifs is 1. The first kappa shape index (κ1) is 16.2. The van der Waals surface area contributed by atoms with E-state index in [1.807, 2.05) is 67.1 Å². The van der Waals surface area contributed by atoms with E-state index in [2.05, 4.69) is 10.3 Å². The van der Waals surface area contributed by atoms with Crippen LogP contribution < -0.4 is 5.32 Å². The summed E-state index contributed by atoms with van der Waals surface area (Å²) in [5, 5.41) is 13.4. The number of benzene rings is 2. The summed E-state index contributed by atoms with van der Waals surface area (Å²) in [6.07, 6.45) is -0.0176. The van der Waals surface area contributed by atoms with Crippen molar-refractivity contribution in [1.29, 1.82) is 0 Å². The average Bonchev–Trinajstić information content (AvgIpc) is 2.82. The van der Waals surface area contributed by atoms with Crippen LogP contribution in [0.1, 0.15) is 24.7 Å². The normalized spacial score (nSPS) is 13.7. The number of aryl methyl sites for hydroxylation is 2. The molecule has 0 saturated carbocycles. The number of hydrogen-bond donors (Lipinski definition) is 2. The third-order valence-corrected chi connectivity index (χ3v) is 4.29. The lowest BCUT2D eigenvalue weighted by Crippen LogP contribution is -2.28. The number of aliphatic hydroxyl groups is 1. The quantitative estimate of drug-likeness (QED) is 0.775. The van der Waals surface area contributed by atoms with Gasteiger partial charge in [-0.25, -0.2) is 4.98 Å². The van der Waals surface area contributed by atoms with E-state index in [-0.39, 0.29) is 12.3 Å². The summed E-state index contributed by atoms with van der Waals surface area (Å²) >= 11 is 0. The molecule has 0 spiro atoms. The van der Waals surface area contributed by atoms with Crippen LogP contribution >= 0.6 is 0 Å². The Hall–Kier alpha value is -2.66. The van der Waals surface area contributed by atoms with Gasteiger partial charge >= 0.3 is 0 Å². The van der Waals surface area contributed by atoms with Gasteiger partial charge in [-0.2, -0.15) is 0 Å². The molecule has 1 amide bonds. The van der Waals surface area contributed by atoms with Crippen molar-refractivity contribution in [2.75, 3.05) is 5.32 Å². The fourth-order valence-corrected chi connectivity index (χ4v) is 2.82. The van der Waals surface area contributed by atoms with Crippen LogP contribution in [0.25, 0.3) is 11.0 Å². The van der Waals surface area contributed by atoms with Gasteiger partial charge in [0.25, 0.3) is 0 Å². The molecule has 0 aliphatic carbocycles. The molecule has 0 aliphatic rings. The monoisotopic (exact) mass is 323 g/mol. The van der Waals surface area contributed by atoms with Crippen LogP contribution in [0.2, 0.25) is 0 Å². The number of anilines is 1. The van der Waals surface area contributed by atoms with E-state index in [4.69, 9.17) is 0 Å². The van der Waals surface area contributed by atoms with Gasteiger partial charge in [-0.1, -0.05) is 30.3 Å². The highest BCUT2D eigenvalue weighted by atomic mass is 16.3. The summed E-state index contributed by atoms with van der Waals surface area (Å²) in [4.78, 5) is 16.8. The molecule has 5 heteroatoms. The van der Waals surface area contributed by atoms with Gasteiger partial charge in [-0.15, -0.1) is 0 Å². The average molecular weight is 323 g/mol. The van der Waals surface area contributed by atoms with Crippen molar-refractivity contribution in [3.8, 4) is 0 Å². The van der Waals surface area contributed by atoms with Crippen LogP contribution in [0.15, 0.2) is 48.5 Å². The Balaban J connectivity index is 1.75. The minimum Gasteiger partial charge on any atom is -0.385 e. The predicted octanol–water partition coefficient (Wildman–Crippen LogP) is 3.12. The molecule has 124 valence electrons. The summed E-state index contributed by atoms with van der Waals surface area (Å²) in [6, 6.07) is 14.8. The SMILES string of the molecule is Cc1nc2cc(NC(=O)C[C@](C)(O)c3ccccc3)ccc2n1C. The smallest absolute Gasteiger partial charge is 0.227 e. The fourth-order valence-electron chi connectivity index (χ4n) is 2.82. The van der Waals surface area contributed by atoms with Crippen LogP contribution in [0.3, 0.4) is 0 Å². The number of rotatable bonds is 4. The number of aromatic nitrogens is 2. The largest absolute Gasteiger partial charge is 0.385 e. The van der Waals surface area contributed by atoms with Crippen molar-refractivity contribution in [3.63, 3.8) is 0 Å². The summed E-state index contributed by atoms with van der Waals surface area (Å²) in [5.41, 5.74) is 2.03. The minimum atomic E-state index is -1.21. The second-order valence-electron chi connectivity index (χ2n) is 6.29. The van der Waals surface area contributed by atoms with E-state index in [9.17, 15) is 9.90 Å². The molecule has 1 heterocycles. The summed E-state index contributed by atoms with van der Waals surface area (Å²) in [7, 11) is 1.96. The number of imidazole rings is 1. The van der Waals surface area contributed by atoms with Crippen LogP contribution in [0.5, 0.6) is 0 Å². The number of hydrogen-bond acceptors (Lipinski definition) is 3. The number of carbonyl (C=O) groups is 1. The molecular formula is C19H21N3O2. The maximum absolute atomic E-state index is 12.3. The minimum absolute atomic E-state index is 0.0176. The molecule has 0 unspecified atom stereocenters. The van der Waals surface area contributed by atoms with Gasteiger partial charge in [-0.3, -0.25) is 4.79 Å². The van der Waals surface area contributed by atoms with Gasteiger partial charge in [-0.05, 0) is 37.6 Å². The molecule has 0 aliphatic heterocycles. The Morgan fingerprint density at radius 3 is 2.67 bits per heavy atom. The number of nitrogens with one attached hydrogen (secondary N) is 1. The highest BCUT2D eigenvalue weighted by Crippen LogP contribution is 2.25. The summed E-state index contributed by atoms with van der Waals surface area (Å²) in [5.74, 6) is 0.677. The molecule has 1 aromatic heterocycles. The van der Waals surface area contributed by atoms with Gasteiger partial charge in [0, 0.05) is 12.7 Å². The number of amides is 1. The van der Waals surface area contributed by atoms with Crippen molar-refractivity contribution in [1.82, 2.24) is 9.55 Å². The highest BCUT2D eigenvalue weighted by molar-refractivity contribution is 5.93. The van der Waals surface area contributed by atoms with Crippen LogP contribution in [-0.4, -0.2) is 20.6 Å². The van der Waals surface area contributed by atoms with Gasteiger partial charge in [0.15, 0.2) is 0 Å². The summed E-state index contributed by atoms with van der Waals surface area (Å²) < 4.78 is 2.00. The van der Waals surface area contributed by atoms with Gasteiger partial charge in [0.1, 0.15) is 5.82 Å². The van der Waals surface area contributed by atoms with Crippen molar-refractivity contribution >= 4 is 22.6 Å². The van der Waals surface area contributed by atoms with Crippen LogP contribution in [0, 0.1) is 6.92 Å². The van der Waals surface area contributed by atoms with E-state index >= 15 is 0 Å². The van der Waals surface area contributed by atoms with Crippen molar-refractivity contribution in [2.24, 2.45) is 7.05 Å². The third kappa shape index (κ3) is 3.16. The lowest BCUT2D eigenvalue weighted by molar-refractivity contribution is -0.120. The Morgan fingerprint density at radius 2 is 1.96 bits per heavy atom. The molecule has 3 rings (SSSR count). The molecule has 24 heavy (non-hydrogen) atoms. The standard InChI is InChI=1S/C19H21N3O2/c1-13-20-16-11-15(9-10-17(16)22(13)3)21-18(23)12-19(2,24)14-7-5-4-6-8-14/h4-11,24H,12H2,1-3H3,(H,21,23)/t19-/m0/s1. The Morgan fingerprint density at radius 1 is 1.25 bits per heavy atom. The first-order valence-corrected chi connectivity index (χ1v) is 7.88. The molecule has 0 radical (unpaired) electrons. The first-order chi connectivity index (χ1) is 11.4. The number of carbonyl (C=O) groups excluding carboxylic acids is 1. The molecule has 3 aromatic rings. The molecule has 0 bridgehead atoms. The van der Waals surface area contributed by atoms with Gasteiger partial charge < -0.3 is 15.0 Å². The van der Waals surface area contributed by atoms with E-state index < -0.39 is 5.60 Å².